The number of H-pyrrole nitrogens is 1. The third-order valence-corrected chi connectivity index (χ3v) is 6.75. The molecule has 1 aromatic carbocycles. The van der Waals surface area contributed by atoms with E-state index in [-0.39, 0.29) is 11.5 Å². The molecule has 4 aromatic rings. The zero-order chi connectivity index (χ0) is 25.2. The first kappa shape index (κ1) is 23.5. The highest BCUT2D eigenvalue weighted by Gasteiger charge is 2.23. The number of aryl methyl sites for hydroxylation is 1. The fourth-order valence-electron chi connectivity index (χ4n) is 4.86. The Labute approximate surface area is 208 Å². The number of piperidine rings is 1. The van der Waals surface area contributed by atoms with Crippen LogP contribution in [0, 0.1) is 6.92 Å². The van der Waals surface area contributed by atoms with Crippen LogP contribution >= 0.6 is 0 Å². The molecule has 4 heterocycles. The summed E-state index contributed by atoms with van der Waals surface area (Å²) < 4.78 is 5.21. The molecule has 1 aliphatic rings. The number of pyridine rings is 2. The summed E-state index contributed by atoms with van der Waals surface area (Å²) in [6.07, 6.45) is 6.68. The average Bonchev–Trinajstić information content (AvgIpc) is 2.89. The number of rotatable bonds is 5. The number of anilines is 2. The molecule has 0 aliphatic carbocycles. The van der Waals surface area contributed by atoms with Gasteiger partial charge in [-0.25, -0.2) is 9.97 Å². The number of aromatic nitrogens is 4. The van der Waals surface area contributed by atoms with Gasteiger partial charge in [0, 0.05) is 31.9 Å². The number of amides is 1. The molecule has 0 saturated carbocycles. The fraction of sp³-hybridized carbons (Fsp3) is 0.296. The molecule has 9 nitrogen and oxygen atoms in total. The molecule has 2 N–H and O–H groups in total. The number of nitrogens with one attached hydrogen (secondary N) is 2. The van der Waals surface area contributed by atoms with E-state index in [1.54, 1.807) is 19.3 Å². The van der Waals surface area contributed by atoms with Crippen molar-refractivity contribution in [1.82, 2.24) is 24.8 Å². The van der Waals surface area contributed by atoms with Crippen molar-refractivity contribution in [2.24, 2.45) is 0 Å². The third-order valence-electron chi connectivity index (χ3n) is 6.75. The highest BCUT2D eigenvalue weighted by molar-refractivity contribution is 5.94. The van der Waals surface area contributed by atoms with E-state index >= 15 is 0 Å². The zero-order valence-electron chi connectivity index (χ0n) is 20.5. The van der Waals surface area contributed by atoms with Gasteiger partial charge in [-0.05, 0) is 66.5 Å². The lowest BCUT2D eigenvalue weighted by Gasteiger charge is -2.32. The van der Waals surface area contributed by atoms with E-state index in [1.807, 2.05) is 23.1 Å². The van der Waals surface area contributed by atoms with E-state index in [9.17, 15) is 9.59 Å². The Morgan fingerprint density at radius 2 is 1.92 bits per heavy atom. The van der Waals surface area contributed by atoms with Gasteiger partial charge in [-0.3, -0.25) is 14.6 Å². The van der Waals surface area contributed by atoms with Crippen molar-refractivity contribution in [1.29, 1.82) is 0 Å². The standard InChI is InChI=1S/C27H28N6O3/c1-16-12-20(4-5-21(16)18-7-10-33(11-8-18)17(2)34)30-26-25-19(6-9-29-27(25)35)13-22(32-26)23-14-28-15-24(31-23)36-3/h4-6,9,12-15,18H,7-8,10-11H2,1-3H3,(H,29,35)(H,30,32). The number of likely N-dealkylation sites (tertiary alicyclic amines) is 1. The van der Waals surface area contributed by atoms with E-state index in [0.29, 0.717) is 34.4 Å². The molecule has 9 heteroatoms. The predicted octanol–water partition coefficient (Wildman–Crippen LogP) is 4.17. The van der Waals surface area contributed by atoms with E-state index in [1.165, 1.54) is 18.9 Å². The number of carbonyl (C=O) groups excluding carboxylic acids is 1. The molecule has 1 aliphatic heterocycles. The molecule has 184 valence electrons. The number of hydrogen-bond donors (Lipinski definition) is 2. The summed E-state index contributed by atoms with van der Waals surface area (Å²) in [5, 5.41) is 4.56. The van der Waals surface area contributed by atoms with Crippen molar-refractivity contribution in [3.05, 3.63) is 70.4 Å². The normalized spacial score (nSPS) is 14.1. The molecule has 0 unspecified atom stereocenters. The molecule has 1 amide bonds. The molecule has 0 spiro atoms. The average molecular weight is 485 g/mol. The Kier molecular flexibility index (Phi) is 6.37. The molecule has 36 heavy (non-hydrogen) atoms. The van der Waals surface area contributed by atoms with E-state index < -0.39 is 0 Å². The van der Waals surface area contributed by atoms with Gasteiger partial charge in [-0.1, -0.05) is 6.07 Å². The number of ether oxygens (including phenoxy) is 1. The van der Waals surface area contributed by atoms with Crippen molar-refractivity contribution in [3.8, 4) is 17.3 Å². The number of fused-ring (bicyclic) bond motifs is 1. The highest BCUT2D eigenvalue weighted by Crippen LogP contribution is 2.33. The van der Waals surface area contributed by atoms with Crippen LogP contribution in [0.15, 0.2) is 53.7 Å². The first-order valence-electron chi connectivity index (χ1n) is 11.9. The largest absolute Gasteiger partial charge is 0.480 e. The topological polar surface area (TPSA) is 113 Å². The predicted molar refractivity (Wildman–Crippen MR) is 139 cm³/mol. The molecule has 5 rings (SSSR count). The number of nitrogens with zero attached hydrogens (tertiary/aromatic N) is 4. The SMILES string of the molecule is COc1cncc(-c2cc3cc[nH]c(=O)c3c(Nc3ccc(C4CCN(C(C)=O)CC4)c(C)c3)n2)n1. The van der Waals surface area contributed by atoms with Crippen molar-refractivity contribution >= 4 is 28.2 Å². The van der Waals surface area contributed by atoms with Gasteiger partial charge < -0.3 is 19.9 Å². The van der Waals surface area contributed by atoms with Gasteiger partial charge in [0.05, 0.1) is 30.6 Å². The summed E-state index contributed by atoms with van der Waals surface area (Å²) in [5.74, 6) is 1.39. The summed E-state index contributed by atoms with van der Waals surface area (Å²) in [4.78, 5) is 42.4. The quantitative estimate of drug-likeness (QED) is 0.437. The van der Waals surface area contributed by atoms with Crippen LogP contribution in [-0.2, 0) is 4.79 Å². The monoisotopic (exact) mass is 484 g/mol. The Balaban J connectivity index is 1.48. The minimum absolute atomic E-state index is 0.140. The first-order valence-corrected chi connectivity index (χ1v) is 11.9. The second kappa shape index (κ2) is 9.77. The molecule has 3 aromatic heterocycles. The molecule has 1 saturated heterocycles. The first-order chi connectivity index (χ1) is 17.4. The van der Waals surface area contributed by atoms with Crippen LogP contribution in [0.1, 0.15) is 36.8 Å². The van der Waals surface area contributed by atoms with Gasteiger partial charge in [-0.2, -0.15) is 0 Å². The lowest BCUT2D eigenvalue weighted by molar-refractivity contribution is -0.129. The summed E-state index contributed by atoms with van der Waals surface area (Å²) in [6.45, 7) is 5.30. The van der Waals surface area contributed by atoms with Crippen LogP contribution in [-0.4, -0.2) is 50.9 Å². The molecule has 0 bridgehead atoms. The Morgan fingerprint density at radius 3 is 2.64 bits per heavy atom. The smallest absolute Gasteiger partial charge is 0.259 e. The van der Waals surface area contributed by atoms with Crippen LogP contribution in [0.2, 0.25) is 0 Å². The Bertz CT molecular complexity index is 1490. The maximum absolute atomic E-state index is 12.7. The molecular weight excluding hydrogens is 456 g/mol. The Hall–Kier alpha value is -4.27. The lowest BCUT2D eigenvalue weighted by atomic mass is 9.86. The fourth-order valence-corrected chi connectivity index (χ4v) is 4.86. The van der Waals surface area contributed by atoms with Crippen molar-refractivity contribution in [3.63, 3.8) is 0 Å². The third kappa shape index (κ3) is 4.64. The Morgan fingerprint density at radius 1 is 1.11 bits per heavy atom. The van der Waals surface area contributed by atoms with Gasteiger partial charge in [0.15, 0.2) is 0 Å². The van der Waals surface area contributed by atoms with Crippen LogP contribution in [0.4, 0.5) is 11.5 Å². The maximum atomic E-state index is 12.7. The number of methoxy groups -OCH3 is 1. The molecular formula is C27H28N6O3. The zero-order valence-corrected chi connectivity index (χ0v) is 20.5. The number of hydrogen-bond acceptors (Lipinski definition) is 7. The number of carbonyl (C=O) groups is 1. The van der Waals surface area contributed by atoms with Gasteiger partial charge in [-0.15, -0.1) is 0 Å². The molecule has 1 fully saturated rings. The minimum Gasteiger partial charge on any atom is -0.480 e. The summed E-state index contributed by atoms with van der Waals surface area (Å²) in [6, 6.07) is 9.89. The van der Waals surface area contributed by atoms with Crippen LogP contribution in [0.25, 0.3) is 22.2 Å². The summed E-state index contributed by atoms with van der Waals surface area (Å²) >= 11 is 0. The van der Waals surface area contributed by atoms with Gasteiger partial charge >= 0.3 is 0 Å². The van der Waals surface area contributed by atoms with E-state index in [2.05, 4.69) is 39.3 Å². The highest BCUT2D eigenvalue weighted by atomic mass is 16.5. The summed E-state index contributed by atoms with van der Waals surface area (Å²) in [5.41, 5.74) is 4.18. The van der Waals surface area contributed by atoms with Crippen molar-refractivity contribution in [2.75, 3.05) is 25.5 Å². The molecule has 0 atom stereocenters. The lowest BCUT2D eigenvalue weighted by Crippen LogP contribution is -2.36. The maximum Gasteiger partial charge on any atom is 0.259 e. The van der Waals surface area contributed by atoms with E-state index in [0.717, 1.165) is 42.6 Å². The van der Waals surface area contributed by atoms with Gasteiger partial charge in [0.25, 0.3) is 5.56 Å². The van der Waals surface area contributed by atoms with Crippen molar-refractivity contribution < 1.29 is 9.53 Å². The van der Waals surface area contributed by atoms with Gasteiger partial charge in [0.1, 0.15) is 11.5 Å². The van der Waals surface area contributed by atoms with Gasteiger partial charge in [0.2, 0.25) is 11.8 Å². The van der Waals surface area contributed by atoms with E-state index in [4.69, 9.17) is 9.72 Å². The number of aromatic amines is 1. The van der Waals surface area contributed by atoms with Crippen molar-refractivity contribution in [2.45, 2.75) is 32.6 Å². The molecule has 0 radical (unpaired) electrons. The second-order valence-corrected chi connectivity index (χ2v) is 9.05. The summed E-state index contributed by atoms with van der Waals surface area (Å²) in [7, 11) is 1.53. The van der Waals surface area contributed by atoms with Crippen LogP contribution < -0.4 is 15.6 Å². The van der Waals surface area contributed by atoms with Crippen LogP contribution in [0.3, 0.4) is 0 Å². The number of benzene rings is 1. The second-order valence-electron chi connectivity index (χ2n) is 9.05. The van der Waals surface area contributed by atoms with Crippen LogP contribution in [0.5, 0.6) is 5.88 Å². The minimum atomic E-state index is -0.226.